The Kier molecular flexibility index (Phi) is 8.71. The molecular formula is C10H15N3O3S2. The summed E-state index contributed by atoms with van der Waals surface area (Å²) in [5, 5.41) is 19.0. The first-order valence-corrected chi connectivity index (χ1v) is 5.74. The van der Waals surface area contributed by atoms with Gasteiger partial charge >= 0.3 is 0 Å². The molecule has 6 nitrogen and oxygen atoms in total. The molecule has 1 unspecified atom stereocenters. The fraction of sp³-hybridized carbons (Fsp3) is 0.300. The van der Waals surface area contributed by atoms with E-state index >= 15 is 0 Å². The van der Waals surface area contributed by atoms with Crippen molar-refractivity contribution in [2.24, 2.45) is 5.73 Å². The molecular weight excluding hydrogens is 274 g/mol. The molecule has 18 heavy (non-hydrogen) atoms. The number of hydrogen-bond acceptors (Lipinski definition) is 5. The van der Waals surface area contributed by atoms with Gasteiger partial charge in [0.05, 0.1) is 6.10 Å². The lowest BCUT2D eigenvalue weighted by atomic mass is 10.4. The molecule has 100 valence electrons. The van der Waals surface area contributed by atoms with E-state index in [1.165, 1.54) is 0 Å². The summed E-state index contributed by atoms with van der Waals surface area (Å²) in [6.07, 6.45) is 1.12. The first kappa shape index (κ1) is 16.5. The first-order chi connectivity index (χ1) is 8.41. The number of pyridine rings is 1. The molecule has 0 aliphatic carbocycles. The van der Waals surface area contributed by atoms with Gasteiger partial charge in [-0.1, -0.05) is 6.07 Å². The number of nitrogens with zero attached hydrogens (tertiary/aromatic N) is 1. The molecule has 1 aromatic heterocycles. The Labute approximate surface area is 116 Å². The number of aromatic nitrogens is 1. The number of anilines is 1. The lowest BCUT2D eigenvalue weighted by Crippen LogP contribution is -2.19. The Balaban J connectivity index is 0.000000631. The molecule has 5 N–H and O–H groups in total. The van der Waals surface area contributed by atoms with Gasteiger partial charge in [-0.05, 0) is 43.5 Å². The summed E-state index contributed by atoms with van der Waals surface area (Å²) in [6, 6.07) is 5.43. The van der Waals surface area contributed by atoms with E-state index in [4.69, 9.17) is 27.2 Å². The Morgan fingerprint density at radius 3 is 2.61 bits per heavy atom. The summed E-state index contributed by atoms with van der Waals surface area (Å²) in [7, 11) is 0. The summed E-state index contributed by atoms with van der Waals surface area (Å²) in [5.74, 6) is 0.628. The number of aliphatic hydroxyl groups is 2. The largest absolute Gasteiger partial charge is 0.487 e. The number of aliphatic hydroxyl groups excluding tert-OH is 2. The molecule has 0 fully saturated rings. The van der Waals surface area contributed by atoms with Crippen molar-refractivity contribution in [2.75, 3.05) is 11.9 Å². The number of nitrogens with one attached hydrogen (secondary N) is 1. The van der Waals surface area contributed by atoms with Crippen molar-refractivity contribution < 1.29 is 14.9 Å². The highest BCUT2D eigenvalue weighted by Crippen LogP contribution is 2.00. The van der Waals surface area contributed by atoms with E-state index in [9.17, 15) is 0 Å². The molecule has 0 amide bonds. The van der Waals surface area contributed by atoms with E-state index < -0.39 is 11.3 Å². The van der Waals surface area contributed by atoms with Crippen molar-refractivity contribution in [3.63, 3.8) is 0 Å². The van der Waals surface area contributed by atoms with Gasteiger partial charge in [0, 0.05) is 6.20 Å². The summed E-state index contributed by atoms with van der Waals surface area (Å²) >= 11 is 8.74. The quantitative estimate of drug-likeness (QED) is 0.611. The van der Waals surface area contributed by atoms with E-state index in [1.54, 1.807) is 19.2 Å². The van der Waals surface area contributed by atoms with Crippen LogP contribution in [0.4, 0.5) is 5.82 Å². The number of nitrogens with two attached hydrogens (primary N) is 1. The van der Waals surface area contributed by atoms with Crippen molar-refractivity contribution in [3.8, 4) is 0 Å². The van der Waals surface area contributed by atoms with Crippen LogP contribution in [-0.2, 0) is 4.74 Å². The van der Waals surface area contributed by atoms with Gasteiger partial charge in [-0.15, -0.1) is 0 Å². The third-order valence-electron chi connectivity index (χ3n) is 1.35. The van der Waals surface area contributed by atoms with Crippen LogP contribution in [-0.4, -0.2) is 38.3 Å². The average Bonchev–Trinajstić information content (AvgIpc) is 2.27. The van der Waals surface area contributed by atoms with Crippen LogP contribution in [0.5, 0.6) is 0 Å². The zero-order chi connectivity index (χ0) is 14.0. The van der Waals surface area contributed by atoms with Gasteiger partial charge in [0.25, 0.3) is 10.3 Å². The Morgan fingerprint density at radius 1 is 1.56 bits per heavy atom. The summed E-state index contributed by atoms with van der Waals surface area (Å²) in [5.41, 5.74) is 4.40. The average molecular weight is 289 g/mol. The number of hydrogen-bond donors (Lipinski definition) is 4. The zero-order valence-corrected chi connectivity index (χ0v) is 11.4. The third kappa shape index (κ3) is 11.0. The molecule has 1 aromatic rings. The molecule has 0 bridgehead atoms. The molecule has 1 heterocycles. The van der Waals surface area contributed by atoms with Gasteiger partial charge in [-0.25, -0.2) is 4.98 Å². The normalized spacial score (nSPS) is 10.6. The summed E-state index contributed by atoms with van der Waals surface area (Å²) in [6.45, 7) is 1.81. The third-order valence-corrected chi connectivity index (χ3v) is 1.57. The number of thiocarbonyl (C=S) groups is 2. The van der Waals surface area contributed by atoms with Crippen LogP contribution >= 0.6 is 24.4 Å². The van der Waals surface area contributed by atoms with Crippen LogP contribution in [0.2, 0.25) is 0 Å². The highest BCUT2D eigenvalue weighted by Gasteiger charge is 2.01. The van der Waals surface area contributed by atoms with Gasteiger partial charge in [0.2, 0.25) is 0 Å². The molecule has 0 aromatic carbocycles. The topological polar surface area (TPSA) is 101 Å². The maximum atomic E-state index is 8.94. The molecule has 0 radical (unpaired) electrons. The van der Waals surface area contributed by atoms with Gasteiger partial charge in [-0.2, -0.15) is 0 Å². The second kappa shape index (κ2) is 9.51. The van der Waals surface area contributed by atoms with Crippen LogP contribution in [0.3, 0.4) is 0 Å². The fourth-order valence-corrected chi connectivity index (χ4v) is 0.946. The molecule has 1 rings (SSSR count). The minimum atomic E-state index is -0.529. The van der Waals surface area contributed by atoms with Crippen LogP contribution < -0.4 is 11.1 Å². The van der Waals surface area contributed by atoms with Gasteiger partial charge in [-0.3, -0.25) is 0 Å². The molecule has 0 saturated heterocycles. The van der Waals surface area contributed by atoms with E-state index in [0.29, 0.717) is 5.82 Å². The van der Waals surface area contributed by atoms with E-state index in [2.05, 4.69) is 28.3 Å². The van der Waals surface area contributed by atoms with Gasteiger partial charge in [0.1, 0.15) is 12.4 Å². The maximum Gasteiger partial charge on any atom is 0.262 e. The van der Waals surface area contributed by atoms with Gasteiger partial charge < -0.3 is 26.0 Å². The van der Waals surface area contributed by atoms with E-state index in [0.717, 1.165) is 0 Å². The maximum absolute atomic E-state index is 8.94. The van der Waals surface area contributed by atoms with Crippen molar-refractivity contribution in [3.05, 3.63) is 24.4 Å². The SMILES string of the molecule is CC(O)COC(=S)Nc1ccccn1.NC(O)=S. The second-order valence-electron chi connectivity index (χ2n) is 3.13. The molecule has 0 spiro atoms. The molecule has 0 aliphatic heterocycles. The lowest BCUT2D eigenvalue weighted by Gasteiger charge is -2.09. The van der Waals surface area contributed by atoms with Crippen LogP contribution in [0, 0.1) is 0 Å². The predicted molar refractivity (Wildman–Crippen MR) is 77.5 cm³/mol. The molecule has 0 saturated carbocycles. The summed E-state index contributed by atoms with van der Waals surface area (Å²) < 4.78 is 5.04. The minimum Gasteiger partial charge on any atom is -0.487 e. The first-order valence-electron chi connectivity index (χ1n) is 4.93. The van der Waals surface area contributed by atoms with Crippen molar-refractivity contribution in [1.29, 1.82) is 0 Å². The smallest absolute Gasteiger partial charge is 0.262 e. The van der Waals surface area contributed by atoms with Crippen molar-refractivity contribution >= 4 is 40.6 Å². The molecule has 0 aliphatic rings. The van der Waals surface area contributed by atoms with Crippen molar-refractivity contribution in [1.82, 2.24) is 4.98 Å². The summed E-state index contributed by atoms with van der Waals surface area (Å²) in [4.78, 5) is 4.00. The highest BCUT2D eigenvalue weighted by molar-refractivity contribution is 7.80. The Morgan fingerprint density at radius 2 is 2.17 bits per heavy atom. The van der Waals surface area contributed by atoms with Crippen LogP contribution in [0.1, 0.15) is 6.92 Å². The lowest BCUT2D eigenvalue weighted by molar-refractivity contribution is 0.119. The highest BCUT2D eigenvalue weighted by atomic mass is 32.1. The number of rotatable bonds is 3. The Hall–Kier alpha value is -1.51. The second-order valence-corrected chi connectivity index (χ2v) is 3.91. The monoisotopic (exact) mass is 289 g/mol. The zero-order valence-electron chi connectivity index (χ0n) is 9.74. The van der Waals surface area contributed by atoms with E-state index in [-0.39, 0.29) is 11.8 Å². The van der Waals surface area contributed by atoms with Crippen LogP contribution in [0.15, 0.2) is 24.4 Å². The van der Waals surface area contributed by atoms with Gasteiger partial charge in [0.15, 0.2) is 0 Å². The van der Waals surface area contributed by atoms with Crippen molar-refractivity contribution in [2.45, 2.75) is 13.0 Å². The Bertz CT molecular complexity index is 370. The standard InChI is InChI=1S/C9H12N2O2S.CH3NOS/c1-7(12)6-13-9(14)11-8-4-2-3-5-10-8;2-1(3)4/h2-5,7,12H,6H2,1H3,(H,10,11,14);(H3,2,3,4). The van der Waals surface area contributed by atoms with Crippen LogP contribution in [0.25, 0.3) is 0 Å². The predicted octanol–water partition coefficient (Wildman–Crippen LogP) is 0.964. The molecule has 1 atom stereocenters. The number of ether oxygens (including phenoxy) is 1. The fourth-order valence-electron chi connectivity index (χ4n) is 0.774. The minimum absolute atomic E-state index is 0.179. The van der Waals surface area contributed by atoms with E-state index in [1.807, 2.05) is 12.1 Å². The molecule has 8 heteroatoms.